The molecule has 0 saturated carbocycles. The van der Waals surface area contributed by atoms with Gasteiger partial charge < -0.3 is 10.1 Å². The van der Waals surface area contributed by atoms with Crippen LogP contribution in [0.15, 0.2) is 41.8 Å². The van der Waals surface area contributed by atoms with Crippen molar-refractivity contribution in [2.75, 3.05) is 19.0 Å². The van der Waals surface area contributed by atoms with Gasteiger partial charge >= 0.3 is 5.01 Å². The lowest BCUT2D eigenvalue weighted by atomic mass is 9.93. The van der Waals surface area contributed by atoms with Crippen molar-refractivity contribution < 1.29 is 23.0 Å². The molecule has 0 radical (unpaired) electrons. The number of nitrogens with one attached hydrogen (secondary N) is 2. The molecule has 2 N–H and O–H groups in total. The molecule has 0 aromatic carbocycles. The lowest BCUT2D eigenvalue weighted by Crippen LogP contribution is -2.33. The molecule has 0 saturated heterocycles. The van der Waals surface area contributed by atoms with Crippen molar-refractivity contribution >= 4 is 27.9 Å². The number of dihydropyridines is 1. The first-order valence-corrected chi connectivity index (χ1v) is 12.3. The Hall–Kier alpha value is -4.53. The van der Waals surface area contributed by atoms with E-state index < -0.39 is 23.4 Å². The average Bonchev–Trinajstić information content (AvgIpc) is 3.67. The molecule has 11 heteroatoms. The van der Waals surface area contributed by atoms with Crippen LogP contribution in [0.25, 0.3) is 5.57 Å². The molecule has 0 fully saturated rings. The van der Waals surface area contributed by atoms with Crippen LogP contribution in [0.5, 0.6) is 5.75 Å². The Balaban J connectivity index is 1.76. The van der Waals surface area contributed by atoms with E-state index >= 15 is 0 Å². The summed E-state index contributed by atoms with van der Waals surface area (Å²) < 4.78 is 34.0. The lowest BCUT2D eigenvalue weighted by molar-refractivity contribution is -0.726. The Morgan fingerprint density at radius 1 is 1.37 bits per heavy atom. The fraction of sp³-hybridized carbons (Fsp3) is 0.296. The molecule has 1 aliphatic carbocycles. The summed E-state index contributed by atoms with van der Waals surface area (Å²) in [6, 6.07) is 3.30. The number of hydrogen-bond donors (Lipinski definition) is 2. The van der Waals surface area contributed by atoms with Gasteiger partial charge in [-0.2, -0.15) is 5.26 Å². The van der Waals surface area contributed by atoms with Crippen molar-refractivity contribution in [3.8, 4) is 35.5 Å². The number of methoxy groups -OCH3 is 1. The Bertz CT molecular complexity index is 1550. The number of allylic oxidation sites excluding steroid dienone is 5. The molecule has 2 aromatic heterocycles. The number of nitriles is 1. The predicted molar refractivity (Wildman–Crippen MR) is 137 cm³/mol. The zero-order chi connectivity index (χ0) is 27.4. The second-order valence-corrected chi connectivity index (χ2v) is 9.85. The van der Waals surface area contributed by atoms with Gasteiger partial charge in [0.05, 0.1) is 31.0 Å². The third-order valence-electron chi connectivity index (χ3n) is 5.43. The minimum Gasteiger partial charge on any atom is -0.494 e. The number of nitrogens with zero attached hydrogens (tertiary/aromatic N) is 4. The van der Waals surface area contributed by atoms with Crippen LogP contribution in [0.1, 0.15) is 36.5 Å². The van der Waals surface area contributed by atoms with Gasteiger partial charge in [0.2, 0.25) is 0 Å². The summed E-state index contributed by atoms with van der Waals surface area (Å²) in [4.78, 5) is 17.2. The molecule has 1 aliphatic heterocycles. The molecule has 0 bridgehead atoms. The number of halogens is 2. The van der Waals surface area contributed by atoms with E-state index in [1.165, 1.54) is 30.7 Å². The van der Waals surface area contributed by atoms with Gasteiger partial charge in [0.15, 0.2) is 7.05 Å². The number of pyridine rings is 1. The minimum atomic E-state index is -2.82. The smallest absolute Gasteiger partial charge is 0.342 e. The number of alkyl halides is 2. The van der Waals surface area contributed by atoms with E-state index in [-0.39, 0.29) is 29.3 Å². The van der Waals surface area contributed by atoms with Crippen molar-refractivity contribution in [3.63, 3.8) is 0 Å². The van der Waals surface area contributed by atoms with E-state index in [0.717, 1.165) is 0 Å². The van der Waals surface area contributed by atoms with Crippen LogP contribution in [-0.4, -0.2) is 29.6 Å². The van der Waals surface area contributed by atoms with Crippen molar-refractivity contribution in [2.24, 2.45) is 18.4 Å². The minimum absolute atomic E-state index is 0.0433. The summed E-state index contributed by atoms with van der Waals surface area (Å²) in [6.07, 6.45) is 3.90. The number of hydrogen-bond acceptors (Lipinski definition) is 7. The van der Waals surface area contributed by atoms with Crippen LogP contribution in [0.4, 0.5) is 13.9 Å². The van der Waals surface area contributed by atoms with Crippen LogP contribution >= 0.6 is 11.3 Å². The zero-order valence-electron chi connectivity index (χ0n) is 21.0. The molecule has 0 spiro atoms. The highest BCUT2D eigenvalue weighted by atomic mass is 32.1. The Kier molecular flexibility index (Phi) is 7.57. The molecule has 2 aliphatic rings. The summed E-state index contributed by atoms with van der Waals surface area (Å²) in [5.41, 5.74) is -0.0911. The number of ether oxygens (including phenoxy) is 1. The molecular weight excluding hydrogens is 510 g/mol. The predicted octanol–water partition coefficient (Wildman–Crippen LogP) is 3.28. The summed E-state index contributed by atoms with van der Waals surface area (Å²) in [5.74, 6) is 11.8. The maximum atomic E-state index is 13.5. The maximum absolute atomic E-state index is 13.5. The molecule has 1 amide bonds. The molecule has 3 heterocycles. The van der Waals surface area contributed by atoms with Crippen molar-refractivity contribution in [3.05, 3.63) is 58.0 Å². The number of rotatable bonds is 5. The van der Waals surface area contributed by atoms with Gasteiger partial charge in [0.1, 0.15) is 16.9 Å². The molecular formula is C27H23F2N6O2S+. The van der Waals surface area contributed by atoms with Crippen LogP contribution in [0.3, 0.4) is 0 Å². The van der Waals surface area contributed by atoms with Crippen molar-refractivity contribution in [1.82, 2.24) is 15.4 Å². The van der Waals surface area contributed by atoms with Gasteiger partial charge in [-0.3, -0.25) is 15.1 Å². The molecule has 38 heavy (non-hydrogen) atoms. The highest BCUT2D eigenvalue weighted by molar-refractivity contribution is 7.15. The van der Waals surface area contributed by atoms with Gasteiger partial charge in [0.25, 0.3) is 17.5 Å². The van der Waals surface area contributed by atoms with Gasteiger partial charge in [0, 0.05) is 28.7 Å². The van der Waals surface area contributed by atoms with Crippen LogP contribution in [0, 0.1) is 46.3 Å². The van der Waals surface area contributed by atoms with Gasteiger partial charge in [-0.1, -0.05) is 28.7 Å². The number of aromatic nitrogens is 3. The monoisotopic (exact) mass is 533 g/mol. The second-order valence-electron chi connectivity index (χ2n) is 8.87. The number of amides is 1. The largest absolute Gasteiger partial charge is 0.494 e. The molecule has 192 valence electrons. The molecule has 2 aromatic rings. The highest BCUT2D eigenvalue weighted by Gasteiger charge is 2.26. The normalized spacial score (nSPS) is 14.4. The summed E-state index contributed by atoms with van der Waals surface area (Å²) in [5, 5.41) is 20.5. The van der Waals surface area contributed by atoms with Crippen molar-refractivity contribution in [1.29, 1.82) is 5.26 Å². The van der Waals surface area contributed by atoms with Crippen LogP contribution < -0.4 is 20.1 Å². The SMILES string of the molecule is COc1cnc(C(F)F)cc1C1=C(C(=O)Nc2n[n+](C)c(C#CC3C=C3)s2)CNC(C#CC(C)(C)C#N)=C1. The first-order valence-electron chi connectivity index (χ1n) is 11.4. The lowest BCUT2D eigenvalue weighted by Gasteiger charge is -2.21. The highest BCUT2D eigenvalue weighted by Crippen LogP contribution is 2.34. The van der Waals surface area contributed by atoms with E-state index in [2.05, 4.69) is 50.5 Å². The Morgan fingerprint density at radius 2 is 2.13 bits per heavy atom. The van der Waals surface area contributed by atoms with E-state index in [1.54, 1.807) is 31.7 Å². The molecule has 0 atom stereocenters. The van der Waals surface area contributed by atoms with Crippen LogP contribution in [0.2, 0.25) is 0 Å². The van der Waals surface area contributed by atoms with E-state index in [9.17, 15) is 18.8 Å². The first kappa shape index (κ1) is 26.5. The molecule has 4 rings (SSSR count). The average molecular weight is 534 g/mol. The summed E-state index contributed by atoms with van der Waals surface area (Å²) in [6.45, 7) is 3.39. The molecule has 8 nitrogen and oxygen atoms in total. The Labute approximate surface area is 222 Å². The zero-order valence-corrected chi connectivity index (χ0v) is 21.8. The topological polar surface area (TPSA) is 104 Å². The Morgan fingerprint density at radius 3 is 2.79 bits per heavy atom. The number of anilines is 1. The quantitative estimate of drug-likeness (QED) is 0.347. The number of carbonyl (C=O) groups is 1. The molecule has 0 unspecified atom stereocenters. The number of carbonyl (C=O) groups excluding carboxylic acids is 1. The fourth-order valence-electron chi connectivity index (χ4n) is 3.27. The maximum Gasteiger partial charge on any atom is 0.342 e. The van der Waals surface area contributed by atoms with Gasteiger partial charge in [-0.15, -0.1) is 0 Å². The summed E-state index contributed by atoms with van der Waals surface area (Å²) >= 11 is 1.22. The van der Waals surface area contributed by atoms with Crippen molar-refractivity contribution in [2.45, 2.75) is 20.3 Å². The summed E-state index contributed by atoms with van der Waals surface area (Å²) in [7, 11) is 3.12. The standard InChI is InChI=1S/C27H22F2N6O2S/c1-27(2,15-30)10-9-17-11-18(19-12-21(24(28)29)32-14-22(19)37-4)20(13-31-17)25(36)33-26-34-35(3)23(38-26)8-7-16-5-6-16/h5-6,11-12,14,16,24H,13H2,1-4H3,(H-,31,33,34,36)/p+1. The third kappa shape index (κ3) is 6.23. The third-order valence-corrected chi connectivity index (χ3v) is 6.37. The van der Waals surface area contributed by atoms with E-state index in [1.807, 2.05) is 12.2 Å². The van der Waals surface area contributed by atoms with E-state index in [0.29, 0.717) is 21.4 Å². The number of aryl methyl sites for hydroxylation is 1. The van der Waals surface area contributed by atoms with E-state index in [4.69, 9.17) is 4.74 Å². The second kappa shape index (κ2) is 10.8. The van der Waals surface area contributed by atoms with Crippen LogP contribution in [-0.2, 0) is 11.8 Å². The van der Waals surface area contributed by atoms with Gasteiger partial charge in [-0.05, 0) is 48.8 Å². The fourth-order valence-corrected chi connectivity index (χ4v) is 4.05. The first-order chi connectivity index (χ1) is 18.1. The van der Waals surface area contributed by atoms with Gasteiger partial charge in [-0.25, -0.2) is 8.78 Å².